The quantitative estimate of drug-likeness (QED) is 0.378. The molecule has 35 heavy (non-hydrogen) atoms. The molecule has 0 aliphatic carbocycles. The highest BCUT2D eigenvalue weighted by Crippen LogP contribution is 2.32. The van der Waals surface area contributed by atoms with Gasteiger partial charge in [-0.1, -0.05) is 30.0 Å². The molecule has 0 amide bonds. The first-order chi connectivity index (χ1) is 16.7. The number of esters is 1. The SMILES string of the molecule is CCOC(=O)c1ccc(S(=O)(=O)N(Cc2ccc(Sc3ccccc3)o2)C2CCS(=O)(=O)C2)cc1. The zero-order valence-corrected chi connectivity index (χ0v) is 21.4. The van der Waals surface area contributed by atoms with Crippen LogP contribution in [0.2, 0.25) is 0 Å². The third-order valence-electron chi connectivity index (χ3n) is 5.50. The second-order valence-electron chi connectivity index (χ2n) is 7.99. The molecule has 4 rings (SSSR count). The summed E-state index contributed by atoms with van der Waals surface area (Å²) in [4.78, 5) is 12.9. The third-order valence-corrected chi connectivity index (χ3v) is 10.1. The van der Waals surface area contributed by atoms with Crippen molar-refractivity contribution in [2.45, 2.75) is 40.8 Å². The van der Waals surface area contributed by atoms with E-state index in [0.29, 0.717) is 10.9 Å². The van der Waals surface area contributed by atoms with Crippen molar-refractivity contribution in [3.8, 4) is 0 Å². The second kappa shape index (κ2) is 10.6. The average Bonchev–Trinajstić information content (AvgIpc) is 3.43. The van der Waals surface area contributed by atoms with E-state index in [1.807, 2.05) is 30.3 Å². The van der Waals surface area contributed by atoms with Crippen LogP contribution >= 0.6 is 11.8 Å². The fraction of sp³-hybridized carbons (Fsp3) is 0.292. The zero-order valence-electron chi connectivity index (χ0n) is 19.0. The number of nitrogens with zero attached hydrogens (tertiary/aromatic N) is 1. The predicted molar refractivity (Wildman–Crippen MR) is 131 cm³/mol. The fourth-order valence-electron chi connectivity index (χ4n) is 3.78. The van der Waals surface area contributed by atoms with Gasteiger partial charge in [-0.15, -0.1) is 0 Å². The van der Waals surface area contributed by atoms with E-state index >= 15 is 0 Å². The summed E-state index contributed by atoms with van der Waals surface area (Å²) >= 11 is 1.41. The number of hydrogen-bond acceptors (Lipinski definition) is 8. The minimum Gasteiger partial charge on any atom is -0.462 e. The number of ether oxygens (including phenoxy) is 1. The molecule has 0 spiro atoms. The summed E-state index contributed by atoms with van der Waals surface area (Å²) in [6, 6.07) is 17.8. The van der Waals surface area contributed by atoms with E-state index in [0.717, 1.165) is 4.90 Å². The van der Waals surface area contributed by atoms with Gasteiger partial charge in [0.1, 0.15) is 5.76 Å². The summed E-state index contributed by atoms with van der Waals surface area (Å²) in [6.07, 6.45) is 0.203. The number of sulfonamides is 1. The molecular formula is C24H25NO7S3. The maximum atomic E-state index is 13.6. The Labute approximate surface area is 209 Å². The molecule has 0 saturated carbocycles. The Kier molecular flexibility index (Phi) is 7.70. The number of benzene rings is 2. The van der Waals surface area contributed by atoms with Gasteiger partial charge in [0, 0.05) is 10.9 Å². The molecule has 3 aromatic rings. The Morgan fingerprint density at radius 1 is 1.09 bits per heavy atom. The van der Waals surface area contributed by atoms with Gasteiger partial charge < -0.3 is 9.15 Å². The van der Waals surface area contributed by atoms with Crippen LogP contribution in [0.3, 0.4) is 0 Å². The lowest BCUT2D eigenvalue weighted by Gasteiger charge is -2.26. The van der Waals surface area contributed by atoms with Crippen molar-refractivity contribution in [1.29, 1.82) is 0 Å². The van der Waals surface area contributed by atoms with Crippen LogP contribution in [-0.4, -0.2) is 51.3 Å². The Morgan fingerprint density at radius 2 is 1.80 bits per heavy atom. The largest absolute Gasteiger partial charge is 0.462 e. The van der Waals surface area contributed by atoms with E-state index in [1.54, 1.807) is 19.1 Å². The van der Waals surface area contributed by atoms with Gasteiger partial charge in [0.05, 0.1) is 35.1 Å². The predicted octanol–water partition coefficient (Wildman–Crippen LogP) is 3.99. The molecule has 8 nitrogen and oxygen atoms in total. The van der Waals surface area contributed by atoms with Crippen LogP contribution in [0, 0.1) is 0 Å². The van der Waals surface area contributed by atoms with E-state index in [2.05, 4.69) is 0 Å². The van der Waals surface area contributed by atoms with Crippen LogP contribution in [0.1, 0.15) is 29.5 Å². The second-order valence-corrected chi connectivity index (χ2v) is 13.2. The summed E-state index contributed by atoms with van der Waals surface area (Å²) in [5.41, 5.74) is 0.231. The Bertz CT molecular complexity index is 1380. The first kappa shape index (κ1) is 25.5. The van der Waals surface area contributed by atoms with Gasteiger partial charge in [0.25, 0.3) is 0 Å². The fourth-order valence-corrected chi connectivity index (χ4v) is 8.04. The smallest absolute Gasteiger partial charge is 0.338 e. The van der Waals surface area contributed by atoms with Crippen LogP contribution in [0.25, 0.3) is 0 Å². The summed E-state index contributed by atoms with van der Waals surface area (Å²) in [7, 11) is -7.42. The Hall–Kier alpha value is -2.60. The number of carbonyl (C=O) groups excluding carboxylic acids is 1. The molecule has 2 aromatic carbocycles. The first-order valence-electron chi connectivity index (χ1n) is 11.0. The van der Waals surface area contributed by atoms with Crippen LogP contribution in [0.4, 0.5) is 0 Å². The molecule has 1 aromatic heterocycles. The van der Waals surface area contributed by atoms with Gasteiger partial charge in [0.2, 0.25) is 10.0 Å². The van der Waals surface area contributed by atoms with Gasteiger partial charge in [-0.2, -0.15) is 4.31 Å². The minimum atomic E-state index is -4.09. The van der Waals surface area contributed by atoms with Crippen LogP contribution in [0.5, 0.6) is 0 Å². The Balaban J connectivity index is 1.60. The van der Waals surface area contributed by atoms with Gasteiger partial charge in [0.15, 0.2) is 14.9 Å². The normalized spacial score (nSPS) is 17.5. The van der Waals surface area contributed by atoms with Crippen molar-refractivity contribution < 1.29 is 30.8 Å². The topological polar surface area (TPSA) is 111 Å². The molecule has 1 atom stereocenters. The van der Waals surface area contributed by atoms with Crippen LogP contribution in [0.15, 0.2) is 86.0 Å². The number of rotatable bonds is 9. The van der Waals surface area contributed by atoms with Crippen molar-refractivity contribution in [2.75, 3.05) is 18.1 Å². The standard InChI is InChI=1S/C24H25NO7S3/c1-2-31-24(26)18-8-11-22(12-9-18)35(29,30)25(19-14-15-34(27,28)17-19)16-20-10-13-23(32-20)33-21-6-4-3-5-7-21/h3-13,19H,2,14-17H2,1H3. The molecule has 11 heteroatoms. The molecule has 1 aliphatic heterocycles. The molecule has 186 valence electrons. The summed E-state index contributed by atoms with van der Waals surface area (Å²) in [5, 5.41) is 0.599. The van der Waals surface area contributed by atoms with E-state index in [1.165, 1.54) is 40.3 Å². The molecule has 1 unspecified atom stereocenters. The highest BCUT2D eigenvalue weighted by Gasteiger charge is 2.39. The monoisotopic (exact) mass is 535 g/mol. The van der Waals surface area contributed by atoms with Crippen molar-refractivity contribution in [1.82, 2.24) is 4.31 Å². The number of sulfone groups is 1. The van der Waals surface area contributed by atoms with Gasteiger partial charge in [-0.25, -0.2) is 21.6 Å². The molecule has 0 bridgehead atoms. The van der Waals surface area contributed by atoms with E-state index < -0.39 is 31.9 Å². The molecule has 1 fully saturated rings. The number of hydrogen-bond donors (Lipinski definition) is 0. The third kappa shape index (κ3) is 6.16. The molecule has 0 N–H and O–H groups in total. The van der Waals surface area contributed by atoms with Crippen molar-refractivity contribution >= 4 is 37.6 Å². The lowest BCUT2D eigenvalue weighted by molar-refractivity contribution is 0.0526. The lowest BCUT2D eigenvalue weighted by Crippen LogP contribution is -2.40. The van der Waals surface area contributed by atoms with E-state index in [-0.39, 0.29) is 41.5 Å². The molecular weight excluding hydrogens is 510 g/mol. The maximum Gasteiger partial charge on any atom is 0.338 e. The van der Waals surface area contributed by atoms with Crippen LogP contribution in [-0.2, 0) is 31.1 Å². The van der Waals surface area contributed by atoms with Gasteiger partial charge in [-0.3, -0.25) is 0 Å². The average molecular weight is 536 g/mol. The van der Waals surface area contributed by atoms with E-state index in [4.69, 9.17) is 9.15 Å². The summed E-state index contributed by atoms with van der Waals surface area (Å²) < 4.78 is 63.5. The van der Waals surface area contributed by atoms with Gasteiger partial charge >= 0.3 is 5.97 Å². The summed E-state index contributed by atoms with van der Waals surface area (Å²) in [5.74, 6) is -0.466. The summed E-state index contributed by atoms with van der Waals surface area (Å²) in [6.45, 7) is 1.77. The Morgan fingerprint density at radius 3 is 2.43 bits per heavy atom. The molecule has 1 aliphatic rings. The zero-order chi connectivity index (χ0) is 25.1. The minimum absolute atomic E-state index is 0.0414. The molecule has 2 heterocycles. The first-order valence-corrected chi connectivity index (χ1v) is 15.1. The van der Waals surface area contributed by atoms with Crippen LogP contribution < -0.4 is 0 Å². The molecule has 1 saturated heterocycles. The van der Waals surface area contributed by atoms with Crippen molar-refractivity contribution in [3.63, 3.8) is 0 Å². The van der Waals surface area contributed by atoms with Crippen molar-refractivity contribution in [3.05, 3.63) is 78.1 Å². The van der Waals surface area contributed by atoms with E-state index in [9.17, 15) is 21.6 Å². The molecule has 0 radical (unpaired) electrons. The number of carbonyl (C=O) groups is 1. The highest BCUT2D eigenvalue weighted by molar-refractivity contribution is 7.99. The highest BCUT2D eigenvalue weighted by atomic mass is 32.2. The van der Waals surface area contributed by atoms with Gasteiger partial charge in [-0.05, 0) is 61.9 Å². The number of furan rings is 1. The lowest BCUT2D eigenvalue weighted by atomic mass is 10.2. The van der Waals surface area contributed by atoms with Crippen molar-refractivity contribution in [2.24, 2.45) is 0 Å². The maximum absolute atomic E-state index is 13.6.